The molecule has 3 atom stereocenters. The van der Waals surface area contributed by atoms with E-state index in [0.29, 0.717) is 5.92 Å². The number of rotatable bonds is 7. The van der Waals surface area contributed by atoms with Gasteiger partial charge in [-0.1, -0.05) is 178 Å². The fraction of sp³-hybridized carbons (Fsp3) is 0.0938. The zero-order valence-electron chi connectivity index (χ0n) is 37.2. The van der Waals surface area contributed by atoms with Crippen molar-refractivity contribution in [3.63, 3.8) is 0 Å². The number of hydrogen-bond acceptors (Lipinski definition) is 2. The minimum absolute atomic E-state index is 0.0834. The van der Waals surface area contributed by atoms with Crippen LogP contribution in [-0.4, -0.2) is 11.0 Å². The maximum absolute atomic E-state index is 5.84. The first-order chi connectivity index (χ1) is 32.5. The molecule has 0 saturated heterocycles. The molecule has 1 aromatic heterocycles. The predicted molar refractivity (Wildman–Crippen MR) is 279 cm³/mol. The first-order valence-corrected chi connectivity index (χ1v) is 23.3. The molecule has 1 aliphatic heterocycles. The third-order valence-corrected chi connectivity index (χ3v) is 14.2. The van der Waals surface area contributed by atoms with Gasteiger partial charge < -0.3 is 0 Å². The van der Waals surface area contributed by atoms with E-state index >= 15 is 0 Å². The Balaban J connectivity index is 0.986. The Morgan fingerprint density at radius 2 is 0.924 bits per heavy atom. The Bertz CT molecular complexity index is 3780. The molecular weight excluding hydrogens is 797 g/mol. The van der Waals surface area contributed by atoms with Crippen LogP contribution in [0.1, 0.15) is 31.7 Å². The van der Waals surface area contributed by atoms with Crippen LogP contribution < -0.4 is 10.6 Å². The number of fused-ring (bicyclic) bond motifs is 5. The van der Waals surface area contributed by atoms with Crippen molar-refractivity contribution in [3.05, 3.63) is 235 Å². The summed E-state index contributed by atoms with van der Waals surface area (Å²) in [4.78, 5) is 10.1. The van der Waals surface area contributed by atoms with Crippen molar-refractivity contribution in [2.75, 3.05) is 0 Å². The Morgan fingerprint density at radius 3 is 1.55 bits per heavy atom. The Kier molecular flexibility index (Phi) is 9.95. The van der Waals surface area contributed by atoms with Gasteiger partial charge in [0, 0.05) is 23.9 Å². The molecule has 10 aromatic carbocycles. The second kappa shape index (κ2) is 16.6. The topological polar surface area (TPSA) is 25.2 Å². The molecule has 0 aliphatic carbocycles. The van der Waals surface area contributed by atoms with E-state index in [4.69, 9.17) is 4.99 Å². The molecule has 0 N–H and O–H groups in total. The molecule has 0 saturated carbocycles. The van der Waals surface area contributed by atoms with Gasteiger partial charge in [-0.2, -0.15) is 0 Å². The maximum atomic E-state index is 5.84. The highest BCUT2D eigenvalue weighted by atomic mass is 14.8. The molecule has 0 radical (unpaired) electrons. The van der Waals surface area contributed by atoms with E-state index in [9.17, 15) is 0 Å². The van der Waals surface area contributed by atoms with Gasteiger partial charge >= 0.3 is 0 Å². The number of nitrogens with zero attached hydrogens (tertiary/aromatic N) is 2. The highest BCUT2D eigenvalue weighted by Crippen LogP contribution is 2.37. The molecule has 66 heavy (non-hydrogen) atoms. The van der Waals surface area contributed by atoms with Crippen LogP contribution in [0.15, 0.2) is 224 Å². The van der Waals surface area contributed by atoms with Gasteiger partial charge in [0.15, 0.2) is 0 Å². The molecule has 0 amide bonds. The van der Waals surface area contributed by atoms with Gasteiger partial charge in [0.2, 0.25) is 0 Å². The summed E-state index contributed by atoms with van der Waals surface area (Å²) in [7, 11) is 0. The van der Waals surface area contributed by atoms with Gasteiger partial charge in [-0.15, -0.1) is 0 Å². The molecule has 0 spiro atoms. The average Bonchev–Trinajstić information content (AvgIpc) is 3.55. The van der Waals surface area contributed by atoms with Crippen LogP contribution in [-0.2, 0) is 0 Å². The van der Waals surface area contributed by atoms with Gasteiger partial charge in [0.05, 0.1) is 11.4 Å². The van der Waals surface area contributed by atoms with Gasteiger partial charge in [-0.3, -0.25) is 9.98 Å². The summed E-state index contributed by atoms with van der Waals surface area (Å²) in [6.07, 6.45) is 7.14. The van der Waals surface area contributed by atoms with Crippen LogP contribution in [0.4, 0.5) is 0 Å². The molecule has 1 aliphatic rings. The lowest BCUT2D eigenvalue weighted by molar-refractivity contribution is 0.413. The van der Waals surface area contributed by atoms with Crippen LogP contribution in [0.2, 0.25) is 0 Å². The van der Waals surface area contributed by atoms with Crippen LogP contribution in [0.5, 0.6) is 0 Å². The SMILES string of the molecule is CC1CC=c2cc(-c3ccc4cc(-c5cccc6ccccc56)ccc4c3)cc(-c3ccc4cc(-c5cccc6ccccc56)ccc4c3)c2=NC1C(C)c1cccc(-c2ccncc2)c1. The van der Waals surface area contributed by atoms with Gasteiger partial charge in [0.1, 0.15) is 0 Å². The van der Waals surface area contributed by atoms with Crippen molar-refractivity contribution in [3.8, 4) is 55.6 Å². The maximum Gasteiger partial charge on any atom is 0.0725 e. The van der Waals surface area contributed by atoms with E-state index in [1.807, 2.05) is 12.4 Å². The smallest absolute Gasteiger partial charge is 0.0725 e. The number of benzene rings is 10. The largest absolute Gasteiger partial charge is 0.280 e. The normalized spacial score (nSPS) is 15.2. The van der Waals surface area contributed by atoms with Crippen molar-refractivity contribution in [1.82, 2.24) is 4.98 Å². The molecule has 3 unspecified atom stereocenters. The average molecular weight is 845 g/mol. The fourth-order valence-electron chi connectivity index (χ4n) is 10.5. The van der Waals surface area contributed by atoms with Crippen molar-refractivity contribution >= 4 is 49.2 Å². The fourth-order valence-corrected chi connectivity index (χ4v) is 10.5. The highest BCUT2D eigenvalue weighted by Gasteiger charge is 2.26. The van der Waals surface area contributed by atoms with Crippen LogP contribution in [0, 0.1) is 5.92 Å². The zero-order valence-corrected chi connectivity index (χ0v) is 37.2. The summed E-state index contributed by atoms with van der Waals surface area (Å²) >= 11 is 0. The van der Waals surface area contributed by atoms with Gasteiger partial charge in [0.25, 0.3) is 0 Å². The lowest BCUT2D eigenvalue weighted by Gasteiger charge is -2.26. The van der Waals surface area contributed by atoms with E-state index in [0.717, 1.165) is 11.8 Å². The van der Waals surface area contributed by atoms with Gasteiger partial charge in [-0.05, 0) is 165 Å². The summed E-state index contributed by atoms with van der Waals surface area (Å²) in [5, 5.41) is 12.2. The summed E-state index contributed by atoms with van der Waals surface area (Å²) in [6, 6.07) is 76.3. The number of hydrogen-bond donors (Lipinski definition) is 0. The van der Waals surface area contributed by atoms with Crippen molar-refractivity contribution in [1.29, 1.82) is 0 Å². The molecule has 2 heterocycles. The zero-order chi connectivity index (χ0) is 44.1. The van der Waals surface area contributed by atoms with Gasteiger partial charge in [-0.25, -0.2) is 0 Å². The van der Waals surface area contributed by atoms with E-state index in [1.165, 1.54) is 110 Å². The van der Waals surface area contributed by atoms with Crippen molar-refractivity contribution < 1.29 is 0 Å². The Hall–Kier alpha value is -7.94. The number of pyridine rings is 1. The van der Waals surface area contributed by atoms with E-state index < -0.39 is 0 Å². The lowest BCUT2D eigenvalue weighted by Crippen LogP contribution is -2.30. The minimum Gasteiger partial charge on any atom is -0.280 e. The highest BCUT2D eigenvalue weighted by molar-refractivity contribution is 6.01. The molecule has 314 valence electrons. The van der Waals surface area contributed by atoms with Crippen molar-refractivity contribution in [2.45, 2.75) is 32.2 Å². The quantitative estimate of drug-likeness (QED) is 0.157. The van der Waals surface area contributed by atoms with Crippen LogP contribution >= 0.6 is 0 Å². The summed E-state index contributed by atoms with van der Waals surface area (Å²) < 4.78 is 0. The lowest BCUT2D eigenvalue weighted by atomic mass is 9.84. The Labute approximate surface area is 385 Å². The molecule has 12 rings (SSSR count). The minimum atomic E-state index is 0.0834. The second-order valence-corrected chi connectivity index (χ2v) is 18.3. The number of aromatic nitrogens is 1. The van der Waals surface area contributed by atoms with E-state index in [1.54, 1.807) is 0 Å². The van der Waals surface area contributed by atoms with Crippen LogP contribution in [0.25, 0.3) is 105 Å². The summed E-state index contributed by atoms with van der Waals surface area (Å²) in [5.74, 6) is 0.547. The third kappa shape index (κ3) is 7.25. The summed E-state index contributed by atoms with van der Waals surface area (Å²) in [5.41, 5.74) is 13.4. The molecule has 2 heteroatoms. The standard InChI is InChI=1S/C64H48N2/c1-41-20-21-56-39-57(52-23-22-49-36-53(27-24-48(49)35-52)60-18-8-12-44-10-3-5-16-58(44)60)40-62(64(56)66-63(41)42(2)46-14-7-15-47(34-46)43-30-32-65-33-31-43)55-29-26-50-37-54(28-25-51(50)38-55)61-19-9-13-45-11-4-6-17-59(45)61/h3-19,21-42,63H,20H2,1-2H3. The van der Waals surface area contributed by atoms with Crippen LogP contribution in [0.3, 0.4) is 0 Å². The second-order valence-electron chi connectivity index (χ2n) is 18.3. The first kappa shape index (κ1) is 39.6. The molecule has 11 aromatic rings. The monoisotopic (exact) mass is 844 g/mol. The Morgan fingerprint density at radius 1 is 0.409 bits per heavy atom. The molecule has 2 nitrogen and oxygen atoms in total. The molecular formula is C64H48N2. The molecule has 0 fully saturated rings. The molecule has 0 bridgehead atoms. The summed E-state index contributed by atoms with van der Waals surface area (Å²) in [6.45, 7) is 4.74. The predicted octanol–water partition coefficient (Wildman–Crippen LogP) is 15.6. The van der Waals surface area contributed by atoms with Crippen molar-refractivity contribution in [2.24, 2.45) is 10.9 Å². The van der Waals surface area contributed by atoms with E-state index in [2.05, 4.69) is 231 Å². The first-order valence-electron chi connectivity index (χ1n) is 23.3. The van der Waals surface area contributed by atoms with E-state index in [-0.39, 0.29) is 12.0 Å². The third-order valence-electron chi connectivity index (χ3n) is 14.2.